The van der Waals surface area contributed by atoms with Crippen molar-refractivity contribution in [1.82, 2.24) is 5.32 Å². The lowest BCUT2D eigenvalue weighted by Gasteiger charge is -2.23. The maximum absolute atomic E-state index is 11.9. The van der Waals surface area contributed by atoms with Crippen molar-refractivity contribution in [2.45, 2.75) is 83.6 Å². The lowest BCUT2D eigenvalue weighted by Crippen LogP contribution is -2.37. The summed E-state index contributed by atoms with van der Waals surface area (Å²) in [6.07, 6.45) is 13.3. The number of carbonyl (C=O) groups excluding carboxylic acids is 1. The van der Waals surface area contributed by atoms with Crippen LogP contribution in [-0.4, -0.2) is 18.6 Å². The number of hydrogen-bond donors (Lipinski definition) is 1. The van der Waals surface area contributed by atoms with Crippen LogP contribution in [0, 0.1) is 0 Å². The molecule has 0 atom stereocenters. The van der Waals surface area contributed by atoms with Crippen molar-refractivity contribution in [2.24, 2.45) is 0 Å². The van der Waals surface area contributed by atoms with Gasteiger partial charge >= 0.3 is 0 Å². The minimum absolute atomic E-state index is 0.122. The van der Waals surface area contributed by atoms with Crippen LogP contribution in [0.2, 0.25) is 0 Å². The summed E-state index contributed by atoms with van der Waals surface area (Å²) in [5, 5.41) is 3.02. The van der Waals surface area contributed by atoms with E-state index in [1.165, 1.54) is 51.4 Å². The second kappa shape index (κ2) is 10.8. The van der Waals surface area contributed by atoms with Crippen LogP contribution in [0.25, 0.3) is 0 Å². The first-order valence-electron chi connectivity index (χ1n) is 8.36. The van der Waals surface area contributed by atoms with Crippen LogP contribution < -0.4 is 5.32 Å². The number of ether oxygens (including phenoxy) is 1. The van der Waals surface area contributed by atoms with Gasteiger partial charge in [-0.15, -0.1) is 0 Å². The van der Waals surface area contributed by atoms with Gasteiger partial charge in [-0.1, -0.05) is 64.9 Å². The summed E-state index contributed by atoms with van der Waals surface area (Å²) in [5.74, 6) is 0.159. The Labute approximate surface area is 124 Å². The van der Waals surface area contributed by atoms with Crippen LogP contribution in [0.15, 0.2) is 12.3 Å². The predicted molar refractivity (Wildman–Crippen MR) is 83.5 cm³/mol. The second-order valence-corrected chi connectivity index (χ2v) is 5.85. The molecule has 0 aromatic heterocycles. The minimum atomic E-state index is -0.122. The Hall–Kier alpha value is -0.990. The molecule has 0 heterocycles. The molecule has 1 aliphatic rings. The van der Waals surface area contributed by atoms with Crippen molar-refractivity contribution >= 4 is 5.91 Å². The molecule has 1 fully saturated rings. The summed E-state index contributed by atoms with van der Waals surface area (Å²) >= 11 is 0. The molecule has 1 aliphatic carbocycles. The summed E-state index contributed by atoms with van der Waals surface area (Å²) in [6, 6.07) is 0.325. The topological polar surface area (TPSA) is 38.3 Å². The van der Waals surface area contributed by atoms with Crippen LogP contribution >= 0.6 is 0 Å². The van der Waals surface area contributed by atoms with Gasteiger partial charge in [0.15, 0.2) is 5.76 Å². The molecule has 0 aromatic rings. The van der Waals surface area contributed by atoms with Gasteiger partial charge in [-0.05, 0) is 19.3 Å². The van der Waals surface area contributed by atoms with Gasteiger partial charge < -0.3 is 10.1 Å². The number of nitrogens with one attached hydrogen (secondary N) is 1. The van der Waals surface area contributed by atoms with E-state index in [0.29, 0.717) is 12.6 Å². The summed E-state index contributed by atoms with van der Waals surface area (Å²) < 4.78 is 5.45. The summed E-state index contributed by atoms with van der Waals surface area (Å²) in [7, 11) is 0. The average Bonchev–Trinajstić information content (AvgIpc) is 2.47. The maximum Gasteiger partial charge on any atom is 0.285 e. The Morgan fingerprint density at radius 2 is 1.75 bits per heavy atom. The lowest BCUT2D eigenvalue weighted by atomic mass is 9.95. The lowest BCUT2D eigenvalue weighted by molar-refractivity contribution is -0.121. The molecule has 0 unspecified atom stereocenters. The van der Waals surface area contributed by atoms with Crippen molar-refractivity contribution in [3.05, 3.63) is 12.3 Å². The van der Waals surface area contributed by atoms with E-state index in [9.17, 15) is 4.79 Å². The molecule has 0 spiro atoms. The van der Waals surface area contributed by atoms with Crippen LogP contribution in [0.1, 0.15) is 77.6 Å². The number of hydrogen-bond acceptors (Lipinski definition) is 2. The predicted octanol–water partition coefficient (Wildman–Crippen LogP) is 4.33. The zero-order valence-corrected chi connectivity index (χ0v) is 13.1. The molecular weight excluding hydrogens is 250 g/mol. The van der Waals surface area contributed by atoms with Crippen LogP contribution in [-0.2, 0) is 9.53 Å². The third-order valence-corrected chi connectivity index (χ3v) is 3.97. The highest BCUT2D eigenvalue weighted by Gasteiger charge is 2.17. The molecule has 0 aromatic carbocycles. The molecule has 116 valence electrons. The van der Waals surface area contributed by atoms with E-state index in [0.717, 1.165) is 19.3 Å². The number of amides is 1. The van der Waals surface area contributed by atoms with Crippen molar-refractivity contribution in [3.8, 4) is 0 Å². The largest absolute Gasteiger partial charge is 0.488 e. The number of unbranched alkanes of at least 4 members (excludes halogenated alkanes) is 5. The second-order valence-electron chi connectivity index (χ2n) is 5.85. The number of rotatable bonds is 10. The zero-order valence-electron chi connectivity index (χ0n) is 13.1. The van der Waals surface area contributed by atoms with E-state index >= 15 is 0 Å². The fourth-order valence-corrected chi connectivity index (χ4v) is 2.66. The van der Waals surface area contributed by atoms with Crippen LogP contribution in [0.5, 0.6) is 0 Å². The van der Waals surface area contributed by atoms with Gasteiger partial charge in [0, 0.05) is 6.04 Å². The maximum atomic E-state index is 11.9. The van der Waals surface area contributed by atoms with Gasteiger partial charge in [-0.2, -0.15) is 0 Å². The third-order valence-electron chi connectivity index (χ3n) is 3.97. The average molecular weight is 281 g/mol. The first kappa shape index (κ1) is 17.1. The smallest absolute Gasteiger partial charge is 0.285 e. The molecule has 3 heteroatoms. The molecule has 1 amide bonds. The summed E-state index contributed by atoms with van der Waals surface area (Å²) in [4.78, 5) is 11.9. The van der Waals surface area contributed by atoms with E-state index in [-0.39, 0.29) is 11.7 Å². The fourth-order valence-electron chi connectivity index (χ4n) is 2.66. The summed E-state index contributed by atoms with van der Waals surface area (Å²) in [5.41, 5.74) is 0. The van der Waals surface area contributed by atoms with Crippen molar-refractivity contribution < 1.29 is 9.53 Å². The van der Waals surface area contributed by atoms with Crippen LogP contribution in [0.4, 0.5) is 0 Å². The van der Waals surface area contributed by atoms with E-state index in [4.69, 9.17) is 4.74 Å². The SMILES string of the molecule is C=C(OCCCCCCCC)C(=O)NC1CCCCC1. The Kier molecular flexibility index (Phi) is 9.18. The van der Waals surface area contributed by atoms with Gasteiger partial charge in [-0.25, -0.2) is 0 Å². The number of carbonyl (C=O) groups is 1. The first-order chi connectivity index (χ1) is 9.74. The van der Waals surface area contributed by atoms with Gasteiger partial charge in [0.2, 0.25) is 0 Å². The monoisotopic (exact) mass is 281 g/mol. The molecule has 3 nitrogen and oxygen atoms in total. The summed E-state index contributed by atoms with van der Waals surface area (Å²) in [6.45, 7) is 6.57. The molecule has 1 N–H and O–H groups in total. The molecule has 0 bridgehead atoms. The molecule has 1 rings (SSSR count). The van der Waals surface area contributed by atoms with Gasteiger partial charge in [0.05, 0.1) is 6.61 Å². The molecule has 20 heavy (non-hydrogen) atoms. The Balaban J connectivity index is 2.01. The van der Waals surface area contributed by atoms with Gasteiger partial charge in [0.1, 0.15) is 0 Å². The van der Waals surface area contributed by atoms with Crippen molar-refractivity contribution in [1.29, 1.82) is 0 Å². The Morgan fingerprint density at radius 1 is 1.10 bits per heavy atom. The van der Waals surface area contributed by atoms with E-state index in [2.05, 4.69) is 18.8 Å². The third kappa shape index (κ3) is 7.56. The molecule has 0 saturated heterocycles. The highest BCUT2D eigenvalue weighted by molar-refractivity contribution is 5.90. The molecule has 0 radical (unpaired) electrons. The normalized spacial score (nSPS) is 15.8. The van der Waals surface area contributed by atoms with Crippen molar-refractivity contribution in [2.75, 3.05) is 6.61 Å². The van der Waals surface area contributed by atoms with E-state index in [1.807, 2.05) is 0 Å². The first-order valence-corrected chi connectivity index (χ1v) is 8.36. The zero-order chi connectivity index (χ0) is 14.6. The molecule has 1 saturated carbocycles. The highest BCUT2D eigenvalue weighted by Crippen LogP contribution is 2.17. The Morgan fingerprint density at radius 3 is 2.45 bits per heavy atom. The van der Waals surface area contributed by atoms with E-state index in [1.54, 1.807) is 0 Å². The fraction of sp³-hybridized carbons (Fsp3) is 0.824. The standard InChI is InChI=1S/C17H31NO2/c1-3-4-5-6-7-11-14-20-15(2)17(19)18-16-12-9-8-10-13-16/h16H,2-14H2,1H3,(H,18,19). The van der Waals surface area contributed by atoms with E-state index < -0.39 is 0 Å². The minimum Gasteiger partial charge on any atom is -0.488 e. The highest BCUT2D eigenvalue weighted by atomic mass is 16.5. The molecule has 0 aliphatic heterocycles. The Bertz CT molecular complexity index is 283. The van der Waals surface area contributed by atoms with Crippen molar-refractivity contribution in [3.63, 3.8) is 0 Å². The van der Waals surface area contributed by atoms with Gasteiger partial charge in [0.25, 0.3) is 5.91 Å². The molecular formula is C17H31NO2. The quantitative estimate of drug-likeness (QED) is 0.368. The van der Waals surface area contributed by atoms with Gasteiger partial charge in [-0.3, -0.25) is 4.79 Å². The van der Waals surface area contributed by atoms with Crippen LogP contribution in [0.3, 0.4) is 0 Å².